The summed E-state index contributed by atoms with van der Waals surface area (Å²) in [5, 5.41) is 1.29. The molecule has 1 amide bonds. The molecule has 0 saturated heterocycles. The number of hydrogen-bond donors (Lipinski definition) is 1. The number of nitrogens with one attached hydrogen (secondary N) is 1. The second kappa shape index (κ2) is 6.64. The zero-order valence-corrected chi connectivity index (χ0v) is 13.5. The van der Waals surface area contributed by atoms with Crippen LogP contribution in [0.15, 0.2) is 42.1 Å². The summed E-state index contributed by atoms with van der Waals surface area (Å²) in [6, 6.07) is 8.93. The van der Waals surface area contributed by atoms with Crippen LogP contribution in [0.2, 0.25) is 0 Å². The van der Waals surface area contributed by atoms with Gasteiger partial charge in [0.25, 0.3) is 0 Å². The van der Waals surface area contributed by atoms with Gasteiger partial charge in [-0.15, -0.1) is 0 Å². The number of benzene rings is 1. The van der Waals surface area contributed by atoms with Crippen LogP contribution in [0.3, 0.4) is 0 Å². The largest absolute Gasteiger partial charge is 0.453 e. The standard InChI is InChI=1S/C17H20N2O4/c1-17(2,3)14(20)11-23-16(22)13-9-10-15(21)19(18-13)12-7-5-4-6-8-12/h4-9,18H,10-11H2,1-3H3. The molecule has 0 fully saturated rings. The van der Waals surface area contributed by atoms with Gasteiger partial charge in [-0.2, -0.15) is 0 Å². The van der Waals surface area contributed by atoms with E-state index < -0.39 is 11.4 Å². The van der Waals surface area contributed by atoms with E-state index in [4.69, 9.17) is 4.74 Å². The number of carbonyl (C=O) groups is 3. The van der Waals surface area contributed by atoms with Crippen LogP contribution < -0.4 is 10.4 Å². The Morgan fingerprint density at radius 1 is 1.22 bits per heavy atom. The van der Waals surface area contributed by atoms with Gasteiger partial charge in [0, 0.05) is 11.8 Å². The first-order valence-electron chi connectivity index (χ1n) is 7.34. The van der Waals surface area contributed by atoms with Crippen molar-refractivity contribution in [3.63, 3.8) is 0 Å². The van der Waals surface area contributed by atoms with Crippen molar-refractivity contribution in [3.05, 3.63) is 42.1 Å². The molecular weight excluding hydrogens is 296 g/mol. The van der Waals surface area contributed by atoms with Gasteiger partial charge >= 0.3 is 5.97 Å². The number of anilines is 1. The second-order valence-corrected chi connectivity index (χ2v) is 6.25. The van der Waals surface area contributed by atoms with Crippen molar-refractivity contribution in [2.45, 2.75) is 27.2 Å². The van der Waals surface area contributed by atoms with Crippen molar-refractivity contribution in [1.29, 1.82) is 0 Å². The zero-order chi connectivity index (χ0) is 17.0. The highest BCUT2D eigenvalue weighted by Gasteiger charge is 2.27. The molecule has 1 N–H and O–H groups in total. The SMILES string of the molecule is CC(C)(C)C(=O)COC(=O)C1=CCC(=O)N(c2ccccc2)N1. The van der Waals surface area contributed by atoms with Gasteiger partial charge in [0.1, 0.15) is 5.70 Å². The fourth-order valence-corrected chi connectivity index (χ4v) is 1.85. The van der Waals surface area contributed by atoms with E-state index in [2.05, 4.69) is 5.43 Å². The van der Waals surface area contributed by atoms with Gasteiger partial charge in [0.2, 0.25) is 5.91 Å². The smallest absolute Gasteiger partial charge is 0.356 e. The van der Waals surface area contributed by atoms with E-state index in [9.17, 15) is 14.4 Å². The summed E-state index contributed by atoms with van der Waals surface area (Å²) in [5.74, 6) is -1.01. The van der Waals surface area contributed by atoms with Gasteiger partial charge < -0.3 is 4.74 Å². The average molecular weight is 316 g/mol. The minimum Gasteiger partial charge on any atom is -0.453 e. The fraction of sp³-hybridized carbons (Fsp3) is 0.353. The topological polar surface area (TPSA) is 75.7 Å². The molecule has 1 aliphatic rings. The normalized spacial score (nSPS) is 14.8. The monoisotopic (exact) mass is 316 g/mol. The Balaban J connectivity index is 2.02. The first-order chi connectivity index (χ1) is 10.8. The highest BCUT2D eigenvalue weighted by Crippen LogP contribution is 2.18. The predicted molar refractivity (Wildman–Crippen MR) is 85.2 cm³/mol. The molecule has 0 spiro atoms. The third-order valence-electron chi connectivity index (χ3n) is 3.37. The number of nitrogens with zero attached hydrogens (tertiary/aromatic N) is 1. The van der Waals surface area contributed by atoms with Gasteiger partial charge in [-0.3, -0.25) is 15.0 Å². The number of rotatable bonds is 4. The van der Waals surface area contributed by atoms with E-state index in [0.717, 1.165) is 0 Å². The molecule has 0 aromatic heterocycles. The summed E-state index contributed by atoms with van der Waals surface area (Å²) < 4.78 is 5.03. The van der Waals surface area contributed by atoms with Crippen molar-refractivity contribution in [2.75, 3.05) is 11.6 Å². The molecular formula is C17H20N2O4. The molecule has 1 aliphatic heterocycles. The summed E-state index contributed by atoms with van der Waals surface area (Å²) in [4.78, 5) is 35.9. The Kier molecular flexibility index (Phi) is 4.83. The maximum absolute atomic E-state index is 12.1. The molecule has 1 aromatic rings. The molecule has 0 aliphatic carbocycles. The summed E-state index contributed by atoms with van der Waals surface area (Å²) in [7, 11) is 0. The van der Waals surface area contributed by atoms with Crippen molar-refractivity contribution in [1.82, 2.24) is 5.43 Å². The number of para-hydroxylation sites is 1. The summed E-state index contributed by atoms with van der Waals surface area (Å²) in [5.41, 5.74) is 2.95. The molecule has 0 unspecified atom stereocenters. The molecule has 0 atom stereocenters. The van der Waals surface area contributed by atoms with Crippen molar-refractivity contribution >= 4 is 23.3 Å². The minimum atomic E-state index is -0.656. The molecule has 0 saturated carbocycles. The Bertz CT molecular complexity index is 644. The minimum absolute atomic E-state index is 0.0829. The second-order valence-electron chi connectivity index (χ2n) is 6.25. The lowest BCUT2D eigenvalue weighted by atomic mass is 9.91. The fourth-order valence-electron chi connectivity index (χ4n) is 1.85. The summed E-state index contributed by atoms with van der Waals surface area (Å²) >= 11 is 0. The Labute approximate surface area is 135 Å². The number of Topliss-reactive ketones (excluding diaryl/α,β-unsaturated/α-hetero) is 1. The number of ether oxygens (including phenoxy) is 1. The maximum atomic E-state index is 12.1. The maximum Gasteiger partial charge on any atom is 0.356 e. The Morgan fingerprint density at radius 3 is 2.48 bits per heavy atom. The number of esters is 1. The quantitative estimate of drug-likeness (QED) is 0.860. The highest BCUT2D eigenvalue weighted by atomic mass is 16.5. The van der Waals surface area contributed by atoms with Crippen LogP contribution >= 0.6 is 0 Å². The van der Waals surface area contributed by atoms with Crippen LogP contribution in [0, 0.1) is 5.41 Å². The number of amides is 1. The molecule has 2 rings (SSSR count). The zero-order valence-electron chi connectivity index (χ0n) is 13.5. The lowest BCUT2D eigenvalue weighted by molar-refractivity contribution is -0.147. The van der Waals surface area contributed by atoms with Crippen LogP contribution in [0.1, 0.15) is 27.2 Å². The van der Waals surface area contributed by atoms with E-state index in [1.807, 2.05) is 6.07 Å². The van der Waals surface area contributed by atoms with E-state index in [1.165, 1.54) is 11.1 Å². The first kappa shape index (κ1) is 16.7. The number of carbonyl (C=O) groups excluding carboxylic acids is 3. The molecule has 6 heteroatoms. The van der Waals surface area contributed by atoms with Crippen LogP contribution in [0.25, 0.3) is 0 Å². The summed E-state index contributed by atoms with van der Waals surface area (Å²) in [6.45, 7) is 4.99. The predicted octanol–water partition coefficient (Wildman–Crippen LogP) is 1.97. The van der Waals surface area contributed by atoms with Gasteiger partial charge in [-0.25, -0.2) is 9.80 Å². The van der Waals surface area contributed by atoms with Crippen LogP contribution in [0.5, 0.6) is 0 Å². The van der Waals surface area contributed by atoms with Gasteiger partial charge in [0.05, 0.1) is 5.69 Å². The van der Waals surface area contributed by atoms with Crippen molar-refractivity contribution in [2.24, 2.45) is 5.41 Å². The highest BCUT2D eigenvalue weighted by molar-refractivity contribution is 5.99. The lowest BCUT2D eigenvalue weighted by Gasteiger charge is -2.28. The van der Waals surface area contributed by atoms with Crippen LogP contribution in [0.4, 0.5) is 5.69 Å². The third-order valence-corrected chi connectivity index (χ3v) is 3.37. The van der Waals surface area contributed by atoms with Gasteiger partial charge in [-0.05, 0) is 18.2 Å². The van der Waals surface area contributed by atoms with Crippen molar-refractivity contribution in [3.8, 4) is 0 Å². The first-order valence-corrected chi connectivity index (χ1v) is 7.34. The molecule has 1 aromatic carbocycles. The van der Waals surface area contributed by atoms with Crippen molar-refractivity contribution < 1.29 is 19.1 Å². The molecule has 6 nitrogen and oxygen atoms in total. The van der Waals surface area contributed by atoms with E-state index in [-0.39, 0.29) is 30.4 Å². The van der Waals surface area contributed by atoms with E-state index in [0.29, 0.717) is 5.69 Å². The molecule has 23 heavy (non-hydrogen) atoms. The molecule has 0 radical (unpaired) electrons. The van der Waals surface area contributed by atoms with Crippen LogP contribution in [-0.2, 0) is 19.1 Å². The third kappa shape index (κ3) is 4.18. The number of ketones is 1. The molecule has 122 valence electrons. The molecule has 0 bridgehead atoms. The van der Waals surface area contributed by atoms with E-state index in [1.54, 1.807) is 45.0 Å². The van der Waals surface area contributed by atoms with Gasteiger partial charge in [0.15, 0.2) is 12.4 Å². The number of hydrogen-bond acceptors (Lipinski definition) is 5. The average Bonchev–Trinajstić information content (AvgIpc) is 2.52. The lowest BCUT2D eigenvalue weighted by Crippen LogP contribution is -2.47. The van der Waals surface area contributed by atoms with Crippen LogP contribution in [-0.4, -0.2) is 24.3 Å². The molecule has 1 heterocycles. The Morgan fingerprint density at radius 2 is 1.87 bits per heavy atom. The van der Waals surface area contributed by atoms with E-state index >= 15 is 0 Å². The number of hydrazine groups is 1. The Hall–Kier alpha value is -2.63. The summed E-state index contributed by atoms with van der Waals surface area (Å²) in [6.07, 6.45) is 1.55. The van der Waals surface area contributed by atoms with Gasteiger partial charge in [-0.1, -0.05) is 39.0 Å².